The van der Waals surface area contributed by atoms with Gasteiger partial charge in [0.1, 0.15) is 6.04 Å². The quantitative estimate of drug-likeness (QED) is 0.895. The number of carbonyl (C=O) groups is 2. The zero-order valence-corrected chi connectivity index (χ0v) is 13.9. The fourth-order valence-electron chi connectivity index (χ4n) is 2.88. The molecule has 1 fully saturated rings. The Kier molecular flexibility index (Phi) is 4.58. The number of anilines is 1. The molecule has 1 atom stereocenters. The first kappa shape index (κ1) is 15.9. The molecule has 0 unspecified atom stereocenters. The lowest BCUT2D eigenvalue weighted by molar-refractivity contribution is -0.136. The van der Waals surface area contributed by atoms with Crippen molar-refractivity contribution in [3.05, 3.63) is 23.8 Å². The topological polar surface area (TPSA) is 88.3 Å². The Balaban J connectivity index is 1.73. The molecule has 6 nitrogen and oxygen atoms in total. The molecule has 2 heterocycles. The molecule has 1 aliphatic rings. The molecule has 1 aromatic heterocycles. The molecule has 122 valence electrons. The fourth-order valence-corrected chi connectivity index (χ4v) is 3.85. The van der Waals surface area contributed by atoms with E-state index < -0.39 is 6.04 Å². The number of aromatic nitrogens is 1. The van der Waals surface area contributed by atoms with Gasteiger partial charge >= 0.3 is 0 Å². The lowest BCUT2D eigenvalue weighted by atomic mass is 10.2. The van der Waals surface area contributed by atoms with Crippen LogP contribution in [0.3, 0.4) is 0 Å². The lowest BCUT2D eigenvalue weighted by Gasteiger charge is -2.23. The number of hydrogen-bond acceptors (Lipinski definition) is 5. The molecule has 1 aromatic carbocycles. The van der Waals surface area contributed by atoms with E-state index in [9.17, 15) is 9.59 Å². The zero-order chi connectivity index (χ0) is 16.4. The Bertz CT molecular complexity index is 743. The molecule has 3 N–H and O–H groups in total. The molecular weight excluding hydrogens is 312 g/mol. The number of hydrogen-bond donors (Lipinski definition) is 2. The van der Waals surface area contributed by atoms with Crippen LogP contribution < -0.4 is 11.1 Å². The van der Waals surface area contributed by atoms with Gasteiger partial charge in [0.25, 0.3) is 0 Å². The maximum Gasteiger partial charge on any atom is 0.248 e. The van der Waals surface area contributed by atoms with E-state index >= 15 is 0 Å². The number of nitrogens with one attached hydrogen (secondary N) is 1. The van der Waals surface area contributed by atoms with Crippen molar-refractivity contribution in [3.8, 4) is 0 Å². The summed E-state index contributed by atoms with van der Waals surface area (Å²) < 4.78 is 1.04. The normalized spacial score (nSPS) is 17.7. The van der Waals surface area contributed by atoms with Crippen LogP contribution in [0.15, 0.2) is 18.2 Å². The number of carbonyl (C=O) groups excluding carboxylic acids is 2. The molecule has 2 amide bonds. The highest BCUT2D eigenvalue weighted by atomic mass is 32.1. The van der Waals surface area contributed by atoms with Crippen LogP contribution in [0.4, 0.5) is 5.13 Å². The number of nitrogens with two attached hydrogens (primary N) is 1. The Labute approximate surface area is 138 Å². The average molecular weight is 332 g/mol. The van der Waals surface area contributed by atoms with Crippen molar-refractivity contribution >= 4 is 38.5 Å². The zero-order valence-electron chi connectivity index (χ0n) is 13.0. The molecule has 7 heteroatoms. The molecule has 23 heavy (non-hydrogen) atoms. The summed E-state index contributed by atoms with van der Waals surface area (Å²) in [6, 6.07) is 5.58. The number of nitrogens with zero attached hydrogens (tertiary/aromatic N) is 2. The molecule has 2 aromatic rings. The molecule has 0 aliphatic carbocycles. The summed E-state index contributed by atoms with van der Waals surface area (Å²) in [6.07, 6.45) is 1.81. The van der Waals surface area contributed by atoms with Crippen LogP contribution in [0.1, 0.15) is 24.8 Å². The SMILES string of the molecule is Cc1ccc2nc(NC(=O)[C@@H]3CCCN3C(=O)CCN)sc2c1. The van der Waals surface area contributed by atoms with Crippen molar-refractivity contribution in [3.63, 3.8) is 0 Å². The van der Waals surface area contributed by atoms with Crippen molar-refractivity contribution in [2.24, 2.45) is 5.73 Å². The van der Waals surface area contributed by atoms with Gasteiger partial charge < -0.3 is 16.0 Å². The van der Waals surface area contributed by atoms with Gasteiger partial charge in [-0.1, -0.05) is 17.4 Å². The number of amides is 2. The predicted octanol–water partition coefficient (Wildman–Crippen LogP) is 1.88. The van der Waals surface area contributed by atoms with Gasteiger partial charge in [0.2, 0.25) is 11.8 Å². The van der Waals surface area contributed by atoms with Crippen molar-refractivity contribution in [2.75, 3.05) is 18.4 Å². The monoisotopic (exact) mass is 332 g/mol. The van der Waals surface area contributed by atoms with Crippen molar-refractivity contribution in [2.45, 2.75) is 32.2 Å². The van der Waals surface area contributed by atoms with Crippen molar-refractivity contribution in [1.29, 1.82) is 0 Å². The Morgan fingerprint density at radius 3 is 3.09 bits per heavy atom. The Morgan fingerprint density at radius 1 is 1.48 bits per heavy atom. The largest absolute Gasteiger partial charge is 0.331 e. The van der Waals surface area contributed by atoms with Crippen LogP contribution in [-0.2, 0) is 9.59 Å². The Morgan fingerprint density at radius 2 is 2.30 bits per heavy atom. The molecule has 0 radical (unpaired) electrons. The van der Waals surface area contributed by atoms with E-state index in [0.29, 0.717) is 24.6 Å². The summed E-state index contributed by atoms with van der Waals surface area (Å²) in [6.45, 7) is 2.95. The highest BCUT2D eigenvalue weighted by Crippen LogP contribution is 2.28. The van der Waals surface area contributed by atoms with Gasteiger partial charge in [0.15, 0.2) is 5.13 Å². The predicted molar refractivity (Wildman–Crippen MR) is 91.4 cm³/mol. The van der Waals surface area contributed by atoms with Gasteiger partial charge in [-0.25, -0.2) is 4.98 Å². The molecule has 1 aliphatic heterocycles. The van der Waals surface area contributed by atoms with Crippen LogP contribution in [0.5, 0.6) is 0 Å². The number of aryl methyl sites for hydroxylation is 1. The second kappa shape index (κ2) is 6.64. The van der Waals surface area contributed by atoms with E-state index in [1.54, 1.807) is 4.90 Å². The van der Waals surface area contributed by atoms with Crippen LogP contribution in [0.25, 0.3) is 10.2 Å². The van der Waals surface area contributed by atoms with Gasteiger partial charge in [-0.2, -0.15) is 0 Å². The number of thiazole rings is 1. The number of rotatable bonds is 4. The van der Waals surface area contributed by atoms with Gasteiger partial charge in [-0.15, -0.1) is 0 Å². The standard InChI is InChI=1S/C16H20N4O2S/c1-10-4-5-11-13(9-10)23-16(18-11)19-15(22)12-3-2-8-20(12)14(21)6-7-17/h4-5,9,12H,2-3,6-8,17H2,1H3,(H,18,19,22)/t12-/m0/s1. The third-order valence-electron chi connectivity index (χ3n) is 4.01. The maximum absolute atomic E-state index is 12.5. The van der Waals surface area contributed by atoms with Crippen LogP contribution >= 0.6 is 11.3 Å². The molecule has 3 rings (SSSR count). The lowest BCUT2D eigenvalue weighted by Crippen LogP contribution is -2.43. The third kappa shape index (κ3) is 3.35. The summed E-state index contributed by atoms with van der Waals surface area (Å²) in [4.78, 5) is 30.6. The number of fused-ring (bicyclic) bond motifs is 1. The van der Waals surface area contributed by atoms with Gasteiger partial charge in [0.05, 0.1) is 10.2 Å². The maximum atomic E-state index is 12.5. The molecular formula is C16H20N4O2S. The van der Waals surface area contributed by atoms with Crippen LogP contribution in [0.2, 0.25) is 0 Å². The van der Waals surface area contributed by atoms with E-state index in [-0.39, 0.29) is 18.2 Å². The van der Waals surface area contributed by atoms with Gasteiger partial charge in [-0.05, 0) is 37.5 Å². The van der Waals surface area contributed by atoms with Crippen molar-refractivity contribution < 1.29 is 9.59 Å². The summed E-state index contributed by atoms with van der Waals surface area (Å²) >= 11 is 1.45. The molecule has 0 spiro atoms. The summed E-state index contributed by atoms with van der Waals surface area (Å²) in [7, 11) is 0. The minimum absolute atomic E-state index is 0.0509. The highest BCUT2D eigenvalue weighted by Gasteiger charge is 2.33. The summed E-state index contributed by atoms with van der Waals surface area (Å²) in [5.41, 5.74) is 7.48. The number of benzene rings is 1. The summed E-state index contributed by atoms with van der Waals surface area (Å²) in [5.74, 6) is -0.214. The van der Waals surface area contributed by atoms with Gasteiger partial charge in [-0.3, -0.25) is 9.59 Å². The minimum Gasteiger partial charge on any atom is -0.331 e. The third-order valence-corrected chi connectivity index (χ3v) is 4.94. The highest BCUT2D eigenvalue weighted by molar-refractivity contribution is 7.22. The van der Waals surface area contributed by atoms with E-state index in [1.165, 1.54) is 11.3 Å². The van der Waals surface area contributed by atoms with Crippen LogP contribution in [-0.4, -0.2) is 40.8 Å². The number of likely N-dealkylation sites (tertiary alicyclic amines) is 1. The minimum atomic E-state index is -0.414. The molecule has 1 saturated heterocycles. The fraction of sp³-hybridized carbons (Fsp3) is 0.438. The molecule has 0 saturated carbocycles. The van der Waals surface area contributed by atoms with E-state index in [4.69, 9.17) is 5.73 Å². The van der Waals surface area contributed by atoms with Crippen molar-refractivity contribution in [1.82, 2.24) is 9.88 Å². The first-order valence-electron chi connectivity index (χ1n) is 7.76. The smallest absolute Gasteiger partial charge is 0.248 e. The Hall–Kier alpha value is -1.99. The van der Waals surface area contributed by atoms with E-state index in [1.807, 2.05) is 19.1 Å². The first-order valence-corrected chi connectivity index (χ1v) is 8.57. The van der Waals surface area contributed by atoms with E-state index in [2.05, 4.69) is 16.4 Å². The second-order valence-electron chi connectivity index (χ2n) is 5.76. The van der Waals surface area contributed by atoms with Crippen LogP contribution in [0, 0.1) is 6.92 Å². The summed E-state index contributed by atoms with van der Waals surface area (Å²) in [5, 5.41) is 3.44. The van der Waals surface area contributed by atoms with E-state index in [0.717, 1.165) is 22.2 Å². The molecule has 0 bridgehead atoms. The van der Waals surface area contributed by atoms with Gasteiger partial charge in [0, 0.05) is 19.5 Å². The first-order chi connectivity index (χ1) is 11.1. The average Bonchev–Trinajstić information content (AvgIpc) is 3.12. The second-order valence-corrected chi connectivity index (χ2v) is 6.79.